The molecule has 4 nitrogen and oxygen atoms in total. The highest BCUT2D eigenvalue weighted by atomic mass is 16.3. The topological polar surface area (TPSA) is 55.7 Å². The smallest absolute Gasteiger partial charge is 0.0721 e. The highest BCUT2D eigenvalue weighted by molar-refractivity contribution is 5.21. The van der Waals surface area contributed by atoms with E-state index in [-0.39, 0.29) is 18.1 Å². The van der Waals surface area contributed by atoms with Gasteiger partial charge in [0.1, 0.15) is 0 Å². The summed E-state index contributed by atoms with van der Waals surface area (Å²) in [6.07, 6.45) is 14.5. The van der Waals surface area contributed by atoms with Gasteiger partial charge in [-0.25, -0.2) is 0 Å². The fraction of sp³-hybridized carbons (Fsp3) is 0.826. The maximum absolute atomic E-state index is 10.4. The van der Waals surface area contributed by atoms with Gasteiger partial charge in [0.2, 0.25) is 0 Å². The van der Waals surface area contributed by atoms with Gasteiger partial charge in [-0.15, -0.1) is 0 Å². The van der Waals surface area contributed by atoms with Crippen molar-refractivity contribution in [3.63, 3.8) is 0 Å². The van der Waals surface area contributed by atoms with E-state index in [4.69, 9.17) is 0 Å². The Bertz CT molecular complexity index is 475. The van der Waals surface area contributed by atoms with Gasteiger partial charge in [-0.3, -0.25) is 0 Å². The quantitative estimate of drug-likeness (QED) is 0.340. The SMILES string of the molecule is CCCCC[C@H](O)/C=C/[C@@H]1[C@H]2CC(CCNCCCN(C)C)=C[C@H]2C[C@H]1O. The average molecular weight is 379 g/mol. The summed E-state index contributed by atoms with van der Waals surface area (Å²) in [7, 11) is 4.23. The number of hydrogen-bond donors (Lipinski definition) is 3. The van der Waals surface area contributed by atoms with Crippen LogP contribution in [0.1, 0.15) is 58.3 Å². The Morgan fingerprint density at radius 1 is 1.26 bits per heavy atom. The molecule has 0 bridgehead atoms. The van der Waals surface area contributed by atoms with Crippen molar-refractivity contribution in [2.24, 2.45) is 17.8 Å². The summed E-state index contributed by atoms with van der Waals surface area (Å²) in [6.45, 7) is 5.45. The zero-order chi connectivity index (χ0) is 19.6. The summed E-state index contributed by atoms with van der Waals surface area (Å²) in [5, 5.41) is 24.1. The van der Waals surface area contributed by atoms with Crippen LogP contribution < -0.4 is 5.32 Å². The lowest BCUT2D eigenvalue weighted by Gasteiger charge is -2.19. The first-order valence-electron chi connectivity index (χ1n) is 11.1. The molecule has 1 fully saturated rings. The van der Waals surface area contributed by atoms with Gasteiger partial charge in [-0.2, -0.15) is 0 Å². The molecule has 156 valence electrons. The van der Waals surface area contributed by atoms with Crippen LogP contribution in [0.2, 0.25) is 0 Å². The van der Waals surface area contributed by atoms with Crippen LogP contribution in [0, 0.1) is 17.8 Å². The van der Waals surface area contributed by atoms with Gasteiger partial charge < -0.3 is 20.4 Å². The molecule has 0 aromatic rings. The van der Waals surface area contributed by atoms with E-state index in [1.54, 1.807) is 5.57 Å². The Morgan fingerprint density at radius 2 is 2.07 bits per heavy atom. The van der Waals surface area contributed by atoms with Crippen LogP contribution in [0.5, 0.6) is 0 Å². The van der Waals surface area contributed by atoms with Crippen LogP contribution in [-0.4, -0.2) is 61.1 Å². The van der Waals surface area contributed by atoms with E-state index in [0.29, 0.717) is 11.8 Å². The summed E-state index contributed by atoms with van der Waals surface area (Å²) in [6, 6.07) is 0. The molecule has 0 heterocycles. The van der Waals surface area contributed by atoms with Crippen molar-refractivity contribution in [2.75, 3.05) is 33.7 Å². The van der Waals surface area contributed by atoms with Gasteiger partial charge in [0.15, 0.2) is 0 Å². The molecule has 0 radical (unpaired) electrons. The van der Waals surface area contributed by atoms with Crippen molar-refractivity contribution in [3.05, 3.63) is 23.8 Å². The summed E-state index contributed by atoms with van der Waals surface area (Å²) < 4.78 is 0. The van der Waals surface area contributed by atoms with Crippen molar-refractivity contribution in [2.45, 2.75) is 70.5 Å². The molecule has 2 rings (SSSR count). The summed E-state index contributed by atoms with van der Waals surface area (Å²) in [4.78, 5) is 2.22. The van der Waals surface area contributed by atoms with Crippen molar-refractivity contribution in [1.82, 2.24) is 10.2 Å². The number of unbranched alkanes of at least 4 members (excludes halogenated alkanes) is 2. The fourth-order valence-electron chi connectivity index (χ4n) is 4.64. The van der Waals surface area contributed by atoms with Crippen molar-refractivity contribution in [3.8, 4) is 0 Å². The van der Waals surface area contributed by atoms with Gasteiger partial charge in [0.25, 0.3) is 0 Å². The minimum atomic E-state index is -0.358. The lowest BCUT2D eigenvalue weighted by Crippen LogP contribution is -2.22. The molecule has 0 amide bonds. The molecule has 0 aromatic carbocycles. The summed E-state index contributed by atoms with van der Waals surface area (Å²) >= 11 is 0. The Balaban J connectivity index is 1.70. The zero-order valence-corrected chi connectivity index (χ0v) is 17.7. The Labute approximate surface area is 166 Å². The Hall–Kier alpha value is -0.680. The predicted octanol–water partition coefficient (Wildman–Crippen LogP) is 3.36. The maximum atomic E-state index is 10.4. The molecule has 27 heavy (non-hydrogen) atoms. The second-order valence-corrected chi connectivity index (χ2v) is 8.84. The number of rotatable bonds is 13. The number of nitrogens with zero attached hydrogens (tertiary/aromatic N) is 1. The normalized spacial score (nSPS) is 28.9. The molecular formula is C23H42N2O2. The second kappa shape index (κ2) is 12.0. The first kappa shape index (κ1) is 22.6. The third kappa shape index (κ3) is 7.69. The van der Waals surface area contributed by atoms with Crippen LogP contribution >= 0.6 is 0 Å². The van der Waals surface area contributed by atoms with Crippen molar-refractivity contribution in [1.29, 1.82) is 0 Å². The first-order valence-corrected chi connectivity index (χ1v) is 11.1. The monoisotopic (exact) mass is 378 g/mol. The lowest BCUT2D eigenvalue weighted by molar-refractivity contribution is 0.139. The highest BCUT2D eigenvalue weighted by Crippen LogP contribution is 2.47. The van der Waals surface area contributed by atoms with E-state index in [1.807, 2.05) is 6.08 Å². The largest absolute Gasteiger partial charge is 0.392 e. The standard InChI is InChI=1S/C23H42N2O2/c1-4-5-6-8-20(26)9-10-21-22-16-18(15-19(22)17-23(21)27)11-13-24-12-7-14-25(2)3/h9-10,15,19-24,26-27H,4-8,11-14,16-17H2,1-3H3/b10-9+/t19-,20-,21+,22-,23+/m0/s1. The van der Waals surface area contributed by atoms with Crippen LogP contribution in [0.3, 0.4) is 0 Å². The summed E-state index contributed by atoms with van der Waals surface area (Å²) in [5.74, 6) is 1.26. The van der Waals surface area contributed by atoms with Crippen LogP contribution in [0.25, 0.3) is 0 Å². The molecule has 0 aliphatic heterocycles. The number of aliphatic hydroxyl groups is 2. The number of allylic oxidation sites excluding steroid dienone is 1. The molecule has 0 saturated heterocycles. The number of hydrogen-bond acceptors (Lipinski definition) is 4. The minimum absolute atomic E-state index is 0.206. The highest BCUT2D eigenvalue weighted by Gasteiger charge is 2.43. The minimum Gasteiger partial charge on any atom is -0.392 e. The molecule has 1 saturated carbocycles. The van der Waals surface area contributed by atoms with Crippen LogP contribution in [-0.2, 0) is 0 Å². The van der Waals surface area contributed by atoms with E-state index in [0.717, 1.165) is 51.7 Å². The van der Waals surface area contributed by atoms with E-state index in [2.05, 4.69) is 43.4 Å². The van der Waals surface area contributed by atoms with Crippen molar-refractivity contribution < 1.29 is 10.2 Å². The van der Waals surface area contributed by atoms with Crippen molar-refractivity contribution >= 4 is 0 Å². The molecule has 0 aromatic heterocycles. The van der Waals surface area contributed by atoms with Gasteiger partial charge in [-0.1, -0.05) is 50.0 Å². The predicted molar refractivity (Wildman–Crippen MR) is 114 cm³/mol. The summed E-state index contributed by atoms with van der Waals surface area (Å²) in [5.41, 5.74) is 1.55. The van der Waals surface area contributed by atoms with E-state index >= 15 is 0 Å². The molecule has 0 unspecified atom stereocenters. The molecular weight excluding hydrogens is 336 g/mol. The third-order valence-corrected chi connectivity index (χ3v) is 6.19. The molecule has 3 N–H and O–H groups in total. The Kier molecular flexibility index (Phi) is 10.1. The number of aliphatic hydroxyl groups excluding tert-OH is 2. The first-order chi connectivity index (χ1) is 13.0. The van der Waals surface area contributed by atoms with Gasteiger partial charge in [-0.05, 0) is 77.7 Å². The third-order valence-electron chi connectivity index (χ3n) is 6.19. The second-order valence-electron chi connectivity index (χ2n) is 8.84. The van der Waals surface area contributed by atoms with Gasteiger partial charge in [0, 0.05) is 5.92 Å². The zero-order valence-electron chi connectivity index (χ0n) is 17.7. The molecule has 2 aliphatic rings. The fourth-order valence-corrected chi connectivity index (χ4v) is 4.64. The van der Waals surface area contributed by atoms with Crippen LogP contribution in [0.15, 0.2) is 23.8 Å². The van der Waals surface area contributed by atoms with E-state index in [1.165, 1.54) is 19.3 Å². The van der Waals surface area contributed by atoms with Gasteiger partial charge >= 0.3 is 0 Å². The molecule has 2 aliphatic carbocycles. The Morgan fingerprint density at radius 3 is 2.81 bits per heavy atom. The van der Waals surface area contributed by atoms with Gasteiger partial charge in [0.05, 0.1) is 12.2 Å². The molecule has 4 heteroatoms. The average Bonchev–Trinajstić information content (AvgIpc) is 3.12. The maximum Gasteiger partial charge on any atom is 0.0721 e. The molecule has 0 spiro atoms. The van der Waals surface area contributed by atoms with E-state index in [9.17, 15) is 10.2 Å². The molecule has 5 atom stereocenters. The lowest BCUT2D eigenvalue weighted by atomic mass is 9.88. The van der Waals surface area contributed by atoms with E-state index < -0.39 is 0 Å². The number of nitrogens with one attached hydrogen (secondary N) is 1. The number of fused-ring (bicyclic) bond motifs is 1. The van der Waals surface area contributed by atoms with Crippen LogP contribution in [0.4, 0.5) is 0 Å².